The molecule has 2 aromatic heterocycles. The van der Waals surface area contributed by atoms with Crippen molar-refractivity contribution in [3.05, 3.63) is 59.1 Å². The van der Waals surface area contributed by atoms with Crippen molar-refractivity contribution in [3.63, 3.8) is 0 Å². The first-order valence-corrected chi connectivity index (χ1v) is 13.9. The largest absolute Gasteiger partial charge is 0.492 e. The van der Waals surface area contributed by atoms with Crippen LogP contribution in [0.3, 0.4) is 0 Å². The lowest BCUT2D eigenvalue weighted by molar-refractivity contribution is 0.102. The molecule has 1 aliphatic rings. The number of hydrogen-bond donors (Lipinski definition) is 4. The maximum Gasteiger partial charge on any atom is 0.272 e. The molecule has 2 heterocycles. The molecular formula is C26H32N6O5S. The third-order valence-electron chi connectivity index (χ3n) is 5.90. The molecule has 3 aromatic rings. The van der Waals surface area contributed by atoms with Gasteiger partial charge in [-0.25, -0.2) is 13.4 Å². The molecule has 4 rings (SSSR count). The number of carbonyl (C=O) groups is 1. The molecule has 0 spiro atoms. The lowest BCUT2D eigenvalue weighted by Gasteiger charge is -2.23. The molecular weight excluding hydrogens is 508 g/mol. The molecule has 0 saturated carbocycles. The number of H-pyrrole nitrogens is 1. The zero-order valence-corrected chi connectivity index (χ0v) is 23.0. The Labute approximate surface area is 222 Å². The number of aromatic amines is 1. The van der Waals surface area contributed by atoms with E-state index >= 15 is 0 Å². The summed E-state index contributed by atoms with van der Waals surface area (Å²) in [4.78, 5) is 24.9. The highest BCUT2D eigenvalue weighted by molar-refractivity contribution is 7.92. The summed E-state index contributed by atoms with van der Waals surface area (Å²) >= 11 is 0. The Morgan fingerprint density at radius 2 is 1.89 bits per heavy atom. The molecule has 1 amide bonds. The van der Waals surface area contributed by atoms with Gasteiger partial charge in [-0.15, -0.1) is 0 Å². The van der Waals surface area contributed by atoms with E-state index in [4.69, 9.17) is 9.47 Å². The van der Waals surface area contributed by atoms with E-state index in [0.29, 0.717) is 34.7 Å². The Balaban J connectivity index is 1.65. The number of allylic oxidation sites excluding steroid dienone is 1. The number of rotatable bonds is 8. The molecule has 0 fully saturated rings. The molecule has 4 N–H and O–H groups in total. The fourth-order valence-electron chi connectivity index (χ4n) is 4.06. The van der Waals surface area contributed by atoms with Crippen LogP contribution in [-0.2, 0) is 21.9 Å². The van der Waals surface area contributed by atoms with E-state index in [0.717, 1.165) is 30.2 Å². The van der Waals surface area contributed by atoms with E-state index in [9.17, 15) is 13.2 Å². The lowest BCUT2D eigenvalue weighted by Crippen LogP contribution is -2.18. The molecule has 1 aliphatic carbocycles. The Morgan fingerprint density at radius 1 is 1.16 bits per heavy atom. The second-order valence-corrected chi connectivity index (χ2v) is 11.7. The topological polar surface area (TPSA) is 147 Å². The van der Waals surface area contributed by atoms with Crippen LogP contribution in [0.4, 0.5) is 17.3 Å². The fraction of sp³-hybridized carbons (Fsp3) is 0.346. The van der Waals surface area contributed by atoms with Crippen LogP contribution in [0.1, 0.15) is 54.5 Å². The number of hydrogen-bond acceptors (Lipinski definition) is 8. The second kappa shape index (κ2) is 10.4. The number of amides is 1. The lowest BCUT2D eigenvalue weighted by atomic mass is 9.86. The standard InChI is InChI=1S/C26H32N6O5S/c1-26(2,3)16-13-17(23(36-5)18(14-16)32-38(6,34)35)30-24(33)19-12-15-8-7-9-20(22(15)29-19)37-21-10-11-28-25(27-4)31-21/h9-14,29,32H,7-8H2,1-6H3,(H,30,33)(H,27,28,31). The number of carbonyl (C=O) groups excluding carboxylic acids is 1. The third kappa shape index (κ3) is 6.08. The summed E-state index contributed by atoms with van der Waals surface area (Å²) in [5, 5.41) is 5.76. The van der Waals surface area contributed by atoms with Crippen LogP contribution < -0.4 is 24.8 Å². The zero-order valence-electron chi connectivity index (χ0n) is 22.2. The number of sulfonamides is 1. The number of aryl methyl sites for hydroxylation is 1. The van der Waals surface area contributed by atoms with Crippen molar-refractivity contribution in [1.29, 1.82) is 0 Å². The van der Waals surface area contributed by atoms with Crippen molar-refractivity contribution in [1.82, 2.24) is 15.0 Å². The van der Waals surface area contributed by atoms with Gasteiger partial charge in [0.15, 0.2) is 5.75 Å². The van der Waals surface area contributed by atoms with E-state index in [1.54, 1.807) is 37.5 Å². The highest BCUT2D eigenvalue weighted by atomic mass is 32.2. The Kier molecular flexibility index (Phi) is 7.36. The summed E-state index contributed by atoms with van der Waals surface area (Å²) in [7, 11) is -0.448. The summed E-state index contributed by atoms with van der Waals surface area (Å²) in [6.45, 7) is 5.98. The number of methoxy groups -OCH3 is 1. The SMILES string of the molecule is CNc1nccc(OC2=CCCc3cc(C(=O)Nc4cc(C(C)(C)C)cc(NS(C)(=O)=O)c4OC)[nH]c32)n1. The predicted molar refractivity (Wildman–Crippen MR) is 147 cm³/mol. The monoisotopic (exact) mass is 540 g/mol. The predicted octanol–water partition coefficient (Wildman–Crippen LogP) is 4.14. The maximum atomic E-state index is 13.4. The molecule has 0 aliphatic heterocycles. The molecule has 1 aromatic carbocycles. The summed E-state index contributed by atoms with van der Waals surface area (Å²) in [5.41, 5.74) is 3.03. The quantitative estimate of drug-likeness (QED) is 0.333. The van der Waals surface area contributed by atoms with Gasteiger partial charge in [-0.1, -0.05) is 20.8 Å². The van der Waals surface area contributed by atoms with Gasteiger partial charge >= 0.3 is 0 Å². The molecule has 38 heavy (non-hydrogen) atoms. The average Bonchev–Trinajstić information content (AvgIpc) is 3.28. The van der Waals surface area contributed by atoms with Crippen molar-refractivity contribution in [2.24, 2.45) is 0 Å². The number of nitrogens with one attached hydrogen (secondary N) is 4. The van der Waals surface area contributed by atoms with Crippen molar-refractivity contribution in [2.45, 2.75) is 39.0 Å². The van der Waals surface area contributed by atoms with Crippen LogP contribution >= 0.6 is 0 Å². The second-order valence-electron chi connectivity index (χ2n) is 9.94. The van der Waals surface area contributed by atoms with Gasteiger partial charge in [0.1, 0.15) is 11.5 Å². The van der Waals surface area contributed by atoms with E-state index in [1.165, 1.54) is 7.11 Å². The first-order valence-electron chi connectivity index (χ1n) is 12.0. The minimum Gasteiger partial charge on any atom is -0.492 e. The maximum absolute atomic E-state index is 13.4. The molecule has 0 unspecified atom stereocenters. The molecule has 12 heteroatoms. The Hall–Kier alpha value is -4.06. The first kappa shape index (κ1) is 27.0. The van der Waals surface area contributed by atoms with Gasteiger partial charge in [-0.2, -0.15) is 4.98 Å². The highest BCUT2D eigenvalue weighted by Crippen LogP contribution is 2.39. The van der Waals surface area contributed by atoms with E-state index in [2.05, 4.69) is 30.3 Å². The minimum atomic E-state index is -3.59. The number of fused-ring (bicyclic) bond motifs is 1. The highest BCUT2D eigenvalue weighted by Gasteiger charge is 2.25. The summed E-state index contributed by atoms with van der Waals surface area (Å²) in [5.74, 6) is 1.17. The van der Waals surface area contributed by atoms with Crippen LogP contribution in [0, 0.1) is 0 Å². The minimum absolute atomic E-state index is 0.209. The van der Waals surface area contributed by atoms with Crippen LogP contribution in [0.25, 0.3) is 5.76 Å². The number of aromatic nitrogens is 3. The number of nitrogens with zero attached hydrogens (tertiary/aromatic N) is 2. The van der Waals surface area contributed by atoms with E-state index in [1.807, 2.05) is 26.8 Å². The van der Waals surface area contributed by atoms with Gasteiger partial charge in [-0.05, 0) is 53.7 Å². The van der Waals surface area contributed by atoms with Gasteiger partial charge in [0, 0.05) is 19.3 Å². The normalized spacial score (nSPS) is 13.3. The average molecular weight is 541 g/mol. The van der Waals surface area contributed by atoms with Crippen LogP contribution in [0.2, 0.25) is 0 Å². The van der Waals surface area contributed by atoms with Crippen LogP contribution in [-0.4, -0.2) is 49.7 Å². The summed E-state index contributed by atoms with van der Waals surface area (Å²) < 4.78 is 38.0. The van der Waals surface area contributed by atoms with Crippen molar-refractivity contribution in [2.75, 3.05) is 35.8 Å². The number of ether oxygens (including phenoxy) is 2. The van der Waals surface area contributed by atoms with Gasteiger partial charge in [0.2, 0.25) is 21.9 Å². The summed E-state index contributed by atoms with van der Waals surface area (Å²) in [6.07, 6.45) is 6.08. The molecule has 0 radical (unpaired) electrons. The Morgan fingerprint density at radius 3 is 2.55 bits per heavy atom. The summed E-state index contributed by atoms with van der Waals surface area (Å²) in [6, 6.07) is 6.94. The molecule has 0 atom stereocenters. The molecule has 202 valence electrons. The van der Waals surface area contributed by atoms with Crippen LogP contribution in [0.5, 0.6) is 11.6 Å². The van der Waals surface area contributed by atoms with E-state index in [-0.39, 0.29) is 16.9 Å². The van der Waals surface area contributed by atoms with Gasteiger partial charge in [0.05, 0.1) is 30.4 Å². The van der Waals surface area contributed by atoms with E-state index < -0.39 is 15.9 Å². The van der Waals surface area contributed by atoms with Crippen molar-refractivity contribution >= 4 is 39.0 Å². The van der Waals surface area contributed by atoms with Crippen LogP contribution in [0.15, 0.2) is 36.5 Å². The van der Waals surface area contributed by atoms with Crippen molar-refractivity contribution in [3.8, 4) is 11.6 Å². The van der Waals surface area contributed by atoms with Crippen molar-refractivity contribution < 1.29 is 22.7 Å². The van der Waals surface area contributed by atoms with Gasteiger partial charge in [-0.3, -0.25) is 9.52 Å². The third-order valence-corrected chi connectivity index (χ3v) is 6.50. The smallest absolute Gasteiger partial charge is 0.272 e. The molecule has 11 nitrogen and oxygen atoms in total. The number of benzene rings is 1. The number of anilines is 3. The van der Waals surface area contributed by atoms with Gasteiger partial charge in [0.25, 0.3) is 5.91 Å². The van der Waals surface area contributed by atoms with Gasteiger partial charge < -0.3 is 25.1 Å². The molecule has 0 saturated heterocycles. The molecule has 0 bridgehead atoms. The zero-order chi connectivity index (χ0) is 27.7. The fourth-order valence-corrected chi connectivity index (χ4v) is 4.61. The Bertz CT molecular complexity index is 1500. The first-order chi connectivity index (χ1) is 17.9.